The van der Waals surface area contributed by atoms with Gasteiger partial charge >= 0.3 is 0 Å². The Labute approximate surface area is 119 Å². The van der Waals surface area contributed by atoms with E-state index in [0.717, 1.165) is 18.7 Å². The summed E-state index contributed by atoms with van der Waals surface area (Å²) in [5.41, 5.74) is 6.69. The lowest BCUT2D eigenvalue weighted by Crippen LogP contribution is -2.51. The van der Waals surface area contributed by atoms with E-state index in [-0.39, 0.29) is 23.4 Å². The highest BCUT2D eigenvalue weighted by molar-refractivity contribution is 5.96. The van der Waals surface area contributed by atoms with Crippen molar-refractivity contribution in [1.29, 1.82) is 5.41 Å². The molecule has 1 aliphatic rings. The van der Waals surface area contributed by atoms with E-state index >= 15 is 0 Å². The number of hydrogen-bond acceptors (Lipinski definition) is 3. The van der Waals surface area contributed by atoms with E-state index in [4.69, 9.17) is 15.9 Å². The SMILES string of the molecule is CC1CN(Cc2ccc(F)cc2C(=N)N)CC(C)(C)O1. The second-order valence-electron chi connectivity index (χ2n) is 6.07. The minimum atomic E-state index is -0.366. The first-order valence-corrected chi connectivity index (χ1v) is 6.80. The number of benzene rings is 1. The number of hydrogen-bond donors (Lipinski definition) is 2. The van der Waals surface area contributed by atoms with E-state index in [0.29, 0.717) is 12.1 Å². The molecule has 1 atom stereocenters. The monoisotopic (exact) mass is 279 g/mol. The molecule has 20 heavy (non-hydrogen) atoms. The largest absolute Gasteiger partial charge is 0.384 e. The molecule has 0 amide bonds. The highest BCUT2D eigenvalue weighted by Crippen LogP contribution is 2.23. The Balaban J connectivity index is 2.19. The van der Waals surface area contributed by atoms with Crippen molar-refractivity contribution >= 4 is 5.84 Å². The van der Waals surface area contributed by atoms with Gasteiger partial charge in [0.15, 0.2) is 0 Å². The number of halogens is 1. The fourth-order valence-corrected chi connectivity index (χ4v) is 2.88. The molecule has 0 aromatic heterocycles. The summed E-state index contributed by atoms with van der Waals surface area (Å²) in [6.45, 7) is 8.43. The Morgan fingerprint density at radius 3 is 2.85 bits per heavy atom. The third-order valence-corrected chi connectivity index (χ3v) is 3.40. The van der Waals surface area contributed by atoms with Crippen LogP contribution in [0.25, 0.3) is 0 Å². The second kappa shape index (κ2) is 5.50. The van der Waals surface area contributed by atoms with E-state index in [1.54, 1.807) is 6.07 Å². The van der Waals surface area contributed by atoms with E-state index in [9.17, 15) is 4.39 Å². The van der Waals surface area contributed by atoms with Gasteiger partial charge in [-0.3, -0.25) is 10.3 Å². The van der Waals surface area contributed by atoms with Crippen molar-refractivity contribution in [2.45, 2.75) is 39.0 Å². The minimum Gasteiger partial charge on any atom is -0.384 e. The average Bonchev–Trinajstić information content (AvgIpc) is 2.28. The van der Waals surface area contributed by atoms with Crippen LogP contribution in [-0.2, 0) is 11.3 Å². The standard InChI is InChI=1S/C15H22FN3O/c1-10-7-19(9-15(2,3)20-10)8-11-4-5-12(16)6-13(11)14(17)18/h4-6,10H,7-9H2,1-3H3,(H3,17,18). The van der Waals surface area contributed by atoms with Gasteiger partial charge in [0.1, 0.15) is 11.7 Å². The van der Waals surface area contributed by atoms with Crippen LogP contribution >= 0.6 is 0 Å². The summed E-state index contributed by atoms with van der Waals surface area (Å²) in [4.78, 5) is 2.26. The normalized spacial score (nSPS) is 22.7. The molecule has 1 aromatic carbocycles. The van der Waals surface area contributed by atoms with Crippen LogP contribution in [0.15, 0.2) is 18.2 Å². The Kier molecular flexibility index (Phi) is 4.11. The second-order valence-corrected chi connectivity index (χ2v) is 6.07. The van der Waals surface area contributed by atoms with Crippen LogP contribution in [0.2, 0.25) is 0 Å². The van der Waals surface area contributed by atoms with E-state index in [1.165, 1.54) is 12.1 Å². The van der Waals surface area contributed by atoms with Crippen LogP contribution in [0.5, 0.6) is 0 Å². The Bertz CT molecular complexity index is 516. The molecular formula is C15H22FN3O. The smallest absolute Gasteiger partial charge is 0.123 e. The average molecular weight is 279 g/mol. The van der Waals surface area contributed by atoms with Crippen molar-refractivity contribution in [1.82, 2.24) is 4.90 Å². The number of nitrogen functional groups attached to an aromatic ring is 1. The number of nitrogens with zero attached hydrogens (tertiary/aromatic N) is 1. The minimum absolute atomic E-state index is 0.0972. The molecule has 0 saturated carbocycles. The quantitative estimate of drug-likeness (QED) is 0.658. The summed E-state index contributed by atoms with van der Waals surface area (Å²) in [6.07, 6.45) is 0.153. The van der Waals surface area contributed by atoms with E-state index in [2.05, 4.69) is 18.7 Å². The Hall–Kier alpha value is -1.46. The van der Waals surface area contributed by atoms with Gasteiger partial charge < -0.3 is 10.5 Å². The van der Waals surface area contributed by atoms with Crippen molar-refractivity contribution in [2.24, 2.45) is 5.73 Å². The fourth-order valence-electron chi connectivity index (χ4n) is 2.88. The van der Waals surface area contributed by atoms with Gasteiger partial charge in [-0.1, -0.05) is 6.07 Å². The van der Waals surface area contributed by atoms with Gasteiger partial charge in [0.2, 0.25) is 0 Å². The predicted octanol–water partition coefficient (Wildman–Crippen LogP) is 2.11. The van der Waals surface area contributed by atoms with Gasteiger partial charge in [0.05, 0.1) is 11.7 Å². The summed E-state index contributed by atoms with van der Waals surface area (Å²) in [7, 11) is 0. The molecule has 0 bridgehead atoms. The predicted molar refractivity (Wildman–Crippen MR) is 77.3 cm³/mol. The molecule has 2 rings (SSSR count). The summed E-state index contributed by atoms with van der Waals surface area (Å²) >= 11 is 0. The molecular weight excluding hydrogens is 257 g/mol. The van der Waals surface area contributed by atoms with E-state index in [1.807, 2.05) is 6.92 Å². The van der Waals surface area contributed by atoms with Crippen molar-refractivity contribution < 1.29 is 9.13 Å². The lowest BCUT2D eigenvalue weighted by Gasteiger charge is -2.42. The first-order chi connectivity index (χ1) is 9.27. The maximum Gasteiger partial charge on any atom is 0.123 e. The molecule has 0 spiro atoms. The van der Waals surface area contributed by atoms with Gasteiger partial charge in [0.25, 0.3) is 0 Å². The summed E-state index contributed by atoms with van der Waals surface area (Å²) in [5.74, 6) is -0.463. The molecule has 3 N–H and O–H groups in total. The number of rotatable bonds is 3. The van der Waals surface area contributed by atoms with Crippen LogP contribution in [-0.4, -0.2) is 35.5 Å². The highest BCUT2D eigenvalue weighted by Gasteiger charge is 2.31. The zero-order valence-electron chi connectivity index (χ0n) is 12.2. The molecule has 1 heterocycles. The zero-order chi connectivity index (χ0) is 14.9. The van der Waals surface area contributed by atoms with Gasteiger partial charge in [-0.15, -0.1) is 0 Å². The molecule has 1 saturated heterocycles. The third kappa shape index (κ3) is 3.55. The van der Waals surface area contributed by atoms with Crippen molar-refractivity contribution in [3.63, 3.8) is 0 Å². The van der Waals surface area contributed by atoms with Gasteiger partial charge in [-0.25, -0.2) is 4.39 Å². The number of amidine groups is 1. The lowest BCUT2D eigenvalue weighted by atomic mass is 10.0. The highest BCUT2D eigenvalue weighted by atomic mass is 19.1. The number of morpholine rings is 1. The van der Waals surface area contributed by atoms with Crippen LogP contribution in [0, 0.1) is 11.2 Å². The molecule has 1 unspecified atom stereocenters. The van der Waals surface area contributed by atoms with Crippen molar-refractivity contribution in [3.8, 4) is 0 Å². The molecule has 0 radical (unpaired) electrons. The zero-order valence-corrected chi connectivity index (χ0v) is 12.2. The van der Waals surface area contributed by atoms with E-state index < -0.39 is 0 Å². The Morgan fingerprint density at radius 2 is 2.25 bits per heavy atom. The molecule has 110 valence electrons. The summed E-state index contributed by atoms with van der Waals surface area (Å²) < 4.78 is 19.2. The van der Waals surface area contributed by atoms with Crippen molar-refractivity contribution in [2.75, 3.05) is 13.1 Å². The molecule has 0 aliphatic carbocycles. The van der Waals surface area contributed by atoms with Crippen LogP contribution in [0.1, 0.15) is 31.9 Å². The van der Waals surface area contributed by atoms with Crippen molar-refractivity contribution in [3.05, 3.63) is 35.1 Å². The molecule has 5 heteroatoms. The molecule has 1 aliphatic heterocycles. The first kappa shape index (κ1) is 14.9. The fraction of sp³-hybridized carbons (Fsp3) is 0.533. The number of ether oxygens (including phenoxy) is 1. The third-order valence-electron chi connectivity index (χ3n) is 3.40. The Morgan fingerprint density at radius 1 is 1.55 bits per heavy atom. The number of nitrogens with one attached hydrogen (secondary N) is 1. The number of nitrogens with two attached hydrogens (primary N) is 1. The molecule has 1 fully saturated rings. The van der Waals surface area contributed by atoms with Crippen LogP contribution in [0.3, 0.4) is 0 Å². The topological polar surface area (TPSA) is 62.3 Å². The van der Waals surface area contributed by atoms with Gasteiger partial charge in [-0.2, -0.15) is 0 Å². The van der Waals surface area contributed by atoms with Gasteiger partial charge in [-0.05, 0) is 38.5 Å². The lowest BCUT2D eigenvalue weighted by molar-refractivity contribution is -0.130. The molecule has 1 aromatic rings. The summed E-state index contributed by atoms with van der Waals surface area (Å²) in [6, 6.07) is 4.45. The maximum absolute atomic E-state index is 13.3. The van der Waals surface area contributed by atoms with Crippen LogP contribution < -0.4 is 5.73 Å². The first-order valence-electron chi connectivity index (χ1n) is 6.80. The molecule has 4 nitrogen and oxygen atoms in total. The van der Waals surface area contributed by atoms with Crippen LogP contribution in [0.4, 0.5) is 4.39 Å². The summed E-state index contributed by atoms with van der Waals surface area (Å²) in [5, 5.41) is 7.58. The van der Waals surface area contributed by atoms with Gasteiger partial charge in [0, 0.05) is 25.2 Å². The maximum atomic E-state index is 13.3.